The lowest BCUT2D eigenvalue weighted by atomic mass is 10.2. The van der Waals surface area contributed by atoms with Gasteiger partial charge in [0, 0.05) is 11.1 Å². The second-order valence-electron chi connectivity index (χ2n) is 3.83. The molecule has 0 atom stereocenters. The number of sulfonamides is 1. The lowest BCUT2D eigenvalue weighted by Crippen LogP contribution is -2.13. The SMILES string of the molecule is Cc1cnc(NS(=O)(=O)c2ccc(C(=O)O)c(Cl)c2)s1. The number of hydrogen-bond donors (Lipinski definition) is 2. The standard InChI is InChI=1S/C11H9ClN2O4S2/c1-6-5-13-11(19-6)14-20(17,18)7-2-3-8(10(15)16)9(12)4-7/h2-5H,1H3,(H,13,14)(H,15,16). The van der Waals surface area contributed by atoms with Crippen molar-refractivity contribution in [3.8, 4) is 0 Å². The summed E-state index contributed by atoms with van der Waals surface area (Å²) >= 11 is 6.94. The summed E-state index contributed by atoms with van der Waals surface area (Å²) in [6, 6.07) is 3.41. The van der Waals surface area contributed by atoms with Crippen LogP contribution in [0.25, 0.3) is 0 Å². The lowest BCUT2D eigenvalue weighted by molar-refractivity contribution is 0.0697. The molecule has 2 N–H and O–H groups in total. The second kappa shape index (κ2) is 5.39. The molecular formula is C11H9ClN2O4S2. The van der Waals surface area contributed by atoms with Crippen LogP contribution >= 0.6 is 22.9 Å². The summed E-state index contributed by atoms with van der Waals surface area (Å²) in [4.78, 5) is 15.5. The van der Waals surface area contributed by atoms with Crippen LogP contribution in [0.1, 0.15) is 15.2 Å². The number of rotatable bonds is 4. The normalized spacial score (nSPS) is 11.3. The largest absolute Gasteiger partial charge is 0.478 e. The molecule has 9 heteroatoms. The van der Waals surface area contributed by atoms with E-state index >= 15 is 0 Å². The zero-order valence-electron chi connectivity index (χ0n) is 10.1. The molecule has 6 nitrogen and oxygen atoms in total. The highest BCUT2D eigenvalue weighted by Gasteiger charge is 2.19. The molecule has 1 aromatic carbocycles. The van der Waals surface area contributed by atoms with Crippen molar-refractivity contribution in [2.45, 2.75) is 11.8 Å². The van der Waals surface area contributed by atoms with E-state index in [2.05, 4.69) is 9.71 Å². The first-order chi connectivity index (χ1) is 9.29. The smallest absolute Gasteiger partial charge is 0.337 e. The molecule has 0 aliphatic heterocycles. The number of thiazole rings is 1. The Morgan fingerprint density at radius 3 is 2.65 bits per heavy atom. The topological polar surface area (TPSA) is 96.4 Å². The molecule has 1 aromatic heterocycles. The fraction of sp³-hybridized carbons (Fsp3) is 0.0909. The third-order valence-corrected chi connectivity index (χ3v) is 4.93. The van der Waals surface area contributed by atoms with Gasteiger partial charge in [-0.25, -0.2) is 18.2 Å². The number of benzene rings is 1. The van der Waals surface area contributed by atoms with E-state index in [1.165, 1.54) is 17.4 Å². The van der Waals surface area contributed by atoms with Crippen molar-refractivity contribution in [1.29, 1.82) is 0 Å². The van der Waals surface area contributed by atoms with Crippen molar-refractivity contribution in [2.24, 2.45) is 0 Å². The molecule has 0 saturated carbocycles. The summed E-state index contributed by atoms with van der Waals surface area (Å²) in [5, 5.41) is 8.93. The van der Waals surface area contributed by atoms with Crippen molar-refractivity contribution in [3.63, 3.8) is 0 Å². The number of aromatic nitrogens is 1. The van der Waals surface area contributed by atoms with Crippen LogP contribution in [0.5, 0.6) is 0 Å². The summed E-state index contributed by atoms with van der Waals surface area (Å²) in [5.74, 6) is -1.22. The van der Waals surface area contributed by atoms with Crippen LogP contribution < -0.4 is 4.72 Å². The van der Waals surface area contributed by atoms with Gasteiger partial charge in [-0.1, -0.05) is 11.6 Å². The fourth-order valence-corrected chi connectivity index (χ4v) is 3.67. The molecule has 20 heavy (non-hydrogen) atoms. The Bertz CT molecular complexity index is 770. The quantitative estimate of drug-likeness (QED) is 0.897. The highest BCUT2D eigenvalue weighted by Crippen LogP contribution is 2.24. The highest BCUT2D eigenvalue weighted by atomic mass is 35.5. The van der Waals surface area contributed by atoms with Crippen LogP contribution in [0, 0.1) is 6.92 Å². The molecule has 0 unspecified atom stereocenters. The van der Waals surface area contributed by atoms with Gasteiger partial charge in [-0.2, -0.15) is 0 Å². The molecule has 2 rings (SSSR count). The zero-order chi connectivity index (χ0) is 14.9. The van der Waals surface area contributed by atoms with Gasteiger partial charge in [-0.15, -0.1) is 11.3 Å². The maximum atomic E-state index is 12.1. The molecule has 0 amide bonds. The van der Waals surface area contributed by atoms with E-state index in [1.54, 1.807) is 13.1 Å². The van der Waals surface area contributed by atoms with E-state index in [1.807, 2.05) is 0 Å². The monoisotopic (exact) mass is 332 g/mol. The van der Waals surface area contributed by atoms with Crippen molar-refractivity contribution < 1.29 is 18.3 Å². The summed E-state index contributed by atoms with van der Waals surface area (Å²) in [6.07, 6.45) is 1.54. The number of nitrogens with one attached hydrogen (secondary N) is 1. The molecule has 0 radical (unpaired) electrons. The Labute approximate surface area is 124 Å². The Kier molecular flexibility index (Phi) is 3.98. The van der Waals surface area contributed by atoms with Crippen LogP contribution in [-0.2, 0) is 10.0 Å². The van der Waals surface area contributed by atoms with Gasteiger partial charge in [-0.3, -0.25) is 4.72 Å². The average molecular weight is 333 g/mol. The van der Waals surface area contributed by atoms with E-state index in [0.29, 0.717) is 0 Å². The summed E-state index contributed by atoms with van der Waals surface area (Å²) < 4.78 is 26.5. The van der Waals surface area contributed by atoms with E-state index in [-0.39, 0.29) is 20.6 Å². The molecule has 0 spiro atoms. The van der Waals surface area contributed by atoms with Gasteiger partial charge in [0.15, 0.2) is 5.13 Å². The third-order valence-electron chi connectivity index (χ3n) is 2.32. The Morgan fingerprint density at radius 2 is 2.15 bits per heavy atom. The fourth-order valence-electron chi connectivity index (χ4n) is 1.41. The van der Waals surface area contributed by atoms with Crippen molar-refractivity contribution in [2.75, 3.05) is 4.72 Å². The first kappa shape index (κ1) is 14.8. The number of aryl methyl sites for hydroxylation is 1. The Balaban J connectivity index is 2.35. The lowest BCUT2D eigenvalue weighted by Gasteiger charge is -2.06. The average Bonchev–Trinajstić information content (AvgIpc) is 2.73. The molecule has 0 saturated heterocycles. The second-order valence-corrected chi connectivity index (χ2v) is 7.15. The van der Waals surface area contributed by atoms with Gasteiger partial charge >= 0.3 is 5.97 Å². The van der Waals surface area contributed by atoms with E-state index in [9.17, 15) is 13.2 Å². The van der Waals surface area contributed by atoms with Crippen LogP contribution in [-0.4, -0.2) is 24.5 Å². The molecule has 0 fully saturated rings. The number of carboxylic acids is 1. The molecular weight excluding hydrogens is 324 g/mol. The van der Waals surface area contributed by atoms with Gasteiger partial charge in [-0.05, 0) is 25.1 Å². The van der Waals surface area contributed by atoms with Gasteiger partial charge in [0.25, 0.3) is 10.0 Å². The molecule has 106 valence electrons. The Hall–Kier alpha value is -1.64. The maximum Gasteiger partial charge on any atom is 0.337 e. The van der Waals surface area contributed by atoms with E-state index in [0.717, 1.165) is 17.0 Å². The number of halogens is 1. The van der Waals surface area contributed by atoms with E-state index in [4.69, 9.17) is 16.7 Å². The number of nitrogens with zero attached hydrogens (tertiary/aromatic N) is 1. The molecule has 2 aromatic rings. The van der Waals surface area contributed by atoms with Crippen LogP contribution in [0.2, 0.25) is 5.02 Å². The summed E-state index contributed by atoms with van der Waals surface area (Å²) in [5.41, 5.74) is -0.157. The first-order valence-corrected chi connectivity index (χ1v) is 7.95. The van der Waals surface area contributed by atoms with Crippen molar-refractivity contribution in [1.82, 2.24) is 4.98 Å². The van der Waals surface area contributed by atoms with Crippen LogP contribution in [0.15, 0.2) is 29.3 Å². The number of aromatic carboxylic acids is 1. The van der Waals surface area contributed by atoms with Gasteiger partial charge in [0.2, 0.25) is 0 Å². The third kappa shape index (κ3) is 3.09. The minimum Gasteiger partial charge on any atom is -0.478 e. The predicted octanol–water partition coefficient (Wildman–Crippen LogP) is 2.60. The minimum absolute atomic E-state index is 0.125. The van der Waals surface area contributed by atoms with Gasteiger partial charge in [0.1, 0.15) is 0 Å². The molecule has 0 bridgehead atoms. The summed E-state index contributed by atoms with van der Waals surface area (Å²) in [7, 11) is -3.84. The van der Waals surface area contributed by atoms with E-state index < -0.39 is 16.0 Å². The Morgan fingerprint density at radius 1 is 1.45 bits per heavy atom. The maximum absolute atomic E-state index is 12.1. The first-order valence-electron chi connectivity index (χ1n) is 5.28. The number of carbonyl (C=O) groups is 1. The number of anilines is 1. The van der Waals surface area contributed by atoms with Gasteiger partial charge < -0.3 is 5.11 Å². The number of hydrogen-bond acceptors (Lipinski definition) is 5. The van der Waals surface area contributed by atoms with Crippen molar-refractivity contribution >= 4 is 44.1 Å². The minimum atomic E-state index is -3.84. The van der Waals surface area contributed by atoms with Crippen molar-refractivity contribution in [3.05, 3.63) is 39.9 Å². The molecule has 0 aliphatic carbocycles. The number of carboxylic acid groups (broad SMARTS) is 1. The van der Waals surface area contributed by atoms with Crippen LogP contribution in [0.4, 0.5) is 5.13 Å². The predicted molar refractivity (Wildman–Crippen MR) is 76.1 cm³/mol. The molecule has 1 heterocycles. The molecule has 0 aliphatic rings. The highest BCUT2D eigenvalue weighted by molar-refractivity contribution is 7.93. The summed E-state index contributed by atoms with van der Waals surface area (Å²) in [6.45, 7) is 1.80. The van der Waals surface area contributed by atoms with Crippen LogP contribution in [0.3, 0.4) is 0 Å². The van der Waals surface area contributed by atoms with Gasteiger partial charge in [0.05, 0.1) is 15.5 Å². The zero-order valence-corrected chi connectivity index (χ0v) is 12.5.